The molecule has 0 aromatic heterocycles. The van der Waals surface area contributed by atoms with Crippen LogP contribution in [0, 0.1) is 0 Å². The number of carbonyl (C=O) groups excluding carboxylic acids is 1. The lowest BCUT2D eigenvalue weighted by Crippen LogP contribution is -2.60. The van der Waals surface area contributed by atoms with E-state index in [1.54, 1.807) is 0 Å². The average molecular weight is 296 g/mol. The van der Waals surface area contributed by atoms with Gasteiger partial charge in [-0.05, 0) is 58.0 Å². The van der Waals surface area contributed by atoms with Gasteiger partial charge in [0.15, 0.2) is 0 Å². The molecule has 0 spiro atoms. The maximum atomic E-state index is 12.4. The van der Waals surface area contributed by atoms with E-state index in [1.165, 1.54) is 45.8 Å². The highest BCUT2D eigenvalue weighted by molar-refractivity contribution is 5.81. The minimum absolute atomic E-state index is 0.0703. The number of esters is 1. The Kier molecular flexibility index (Phi) is 6.06. The number of hydrogen-bond acceptors (Lipinski definition) is 4. The van der Waals surface area contributed by atoms with Gasteiger partial charge in [0.1, 0.15) is 5.54 Å². The summed E-state index contributed by atoms with van der Waals surface area (Å²) in [6.45, 7) is 6.39. The van der Waals surface area contributed by atoms with Crippen molar-refractivity contribution in [2.24, 2.45) is 0 Å². The van der Waals surface area contributed by atoms with E-state index in [0.717, 1.165) is 25.8 Å². The molecule has 1 saturated carbocycles. The van der Waals surface area contributed by atoms with E-state index in [-0.39, 0.29) is 5.97 Å². The lowest BCUT2D eigenvalue weighted by atomic mass is 9.77. The van der Waals surface area contributed by atoms with Crippen LogP contribution >= 0.6 is 0 Å². The summed E-state index contributed by atoms with van der Waals surface area (Å²) in [5, 5.41) is 3.45. The van der Waals surface area contributed by atoms with Gasteiger partial charge in [-0.15, -0.1) is 0 Å². The van der Waals surface area contributed by atoms with Crippen molar-refractivity contribution in [1.82, 2.24) is 10.2 Å². The van der Waals surface area contributed by atoms with Crippen LogP contribution in [0.1, 0.15) is 65.2 Å². The number of piperidine rings is 1. The Morgan fingerprint density at radius 3 is 2.76 bits per heavy atom. The number of hydrogen-bond donors (Lipinski definition) is 1. The number of rotatable bonds is 5. The molecule has 0 aromatic rings. The Hall–Kier alpha value is -0.610. The zero-order chi connectivity index (χ0) is 15.3. The molecule has 1 aliphatic carbocycles. The molecule has 1 saturated heterocycles. The molecule has 4 heteroatoms. The number of nitrogens with zero attached hydrogens (tertiary/aromatic N) is 1. The van der Waals surface area contributed by atoms with Gasteiger partial charge < -0.3 is 10.1 Å². The summed E-state index contributed by atoms with van der Waals surface area (Å²) >= 11 is 0. The predicted octanol–water partition coefficient (Wildman–Crippen LogP) is 2.71. The summed E-state index contributed by atoms with van der Waals surface area (Å²) in [7, 11) is 1.51. The van der Waals surface area contributed by atoms with E-state index in [2.05, 4.69) is 24.1 Å². The second-order valence-corrected chi connectivity index (χ2v) is 6.65. The second-order valence-electron chi connectivity index (χ2n) is 6.65. The third kappa shape index (κ3) is 3.59. The standard InChI is InChI=1S/C17H32N2O2/c1-4-14-9-6-7-12-19(14)15-10-8-11-17(13-15,18-5-2)16(20)21-3/h14-15,18H,4-13H2,1-3H3. The number of nitrogens with one attached hydrogen (secondary N) is 1. The number of carbonyl (C=O) groups is 1. The van der Waals surface area contributed by atoms with Crippen LogP contribution in [0.4, 0.5) is 0 Å². The van der Waals surface area contributed by atoms with Gasteiger partial charge in [-0.1, -0.05) is 20.3 Å². The lowest BCUT2D eigenvalue weighted by Gasteiger charge is -2.47. The Bertz CT molecular complexity index is 344. The first-order valence-corrected chi connectivity index (χ1v) is 8.76. The fourth-order valence-electron chi connectivity index (χ4n) is 4.42. The zero-order valence-electron chi connectivity index (χ0n) is 14.0. The highest BCUT2D eigenvalue weighted by Crippen LogP contribution is 2.35. The van der Waals surface area contributed by atoms with Crippen molar-refractivity contribution in [2.45, 2.75) is 82.8 Å². The summed E-state index contributed by atoms with van der Waals surface area (Å²) in [4.78, 5) is 15.0. The Labute approximate surface area is 129 Å². The van der Waals surface area contributed by atoms with Gasteiger partial charge in [0.25, 0.3) is 0 Å². The van der Waals surface area contributed by atoms with Gasteiger partial charge in [-0.3, -0.25) is 9.69 Å². The van der Waals surface area contributed by atoms with Crippen molar-refractivity contribution in [3.63, 3.8) is 0 Å². The smallest absolute Gasteiger partial charge is 0.326 e. The molecule has 3 unspecified atom stereocenters. The summed E-state index contributed by atoms with van der Waals surface area (Å²) in [6.07, 6.45) is 9.36. The highest BCUT2D eigenvalue weighted by atomic mass is 16.5. The molecule has 1 N–H and O–H groups in total. The molecule has 21 heavy (non-hydrogen) atoms. The maximum Gasteiger partial charge on any atom is 0.326 e. The normalized spacial score (nSPS) is 34.6. The summed E-state index contributed by atoms with van der Waals surface area (Å²) < 4.78 is 5.11. The van der Waals surface area contributed by atoms with Gasteiger partial charge in [0.2, 0.25) is 0 Å². The average Bonchev–Trinajstić information content (AvgIpc) is 2.54. The number of likely N-dealkylation sites (tertiary alicyclic amines) is 1. The Morgan fingerprint density at radius 2 is 2.10 bits per heavy atom. The molecule has 0 aromatic carbocycles. The van der Waals surface area contributed by atoms with Gasteiger partial charge >= 0.3 is 5.97 Å². The van der Waals surface area contributed by atoms with Crippen molar-refractivity contribution in [2.75, 3.05) is 20.2 Å². The molecule has 2 fully saturated rings. The van der Waals surface area contributed by atoms with Crippen LogP contribution < -0.4 is 5.32 Å². The monoisotopic (exact) mass is 296 g/mol. The quantitative estimate of drug-likeness (QED) is 0.792. The molecule has 0 radical (unpaired) electrons. The van der Waals surface area contributed by atoms with Gasteiger partial charge in [-0.2, -0.15) is 0 Å². The fraction of sp³-hybridized carbons (Fsp3) is 0.941. The first-order valence-electron chi connectivity index (χ1n) is 8.76. The molecular weight excluding hydrogens is 264 g/mol. The van der Waals surface area contributed by atoms with Gasteiger partial charge in [0, 0.05) is 12.1 Å². The summed E-state index contributed by atoms with van der Waals surface area (Å²) in [5.41, 5.74) is -0.456. The first-order chi connectivity index (χ1) is 10.2. The van der Waals surface area contributed by atoms with Crippen LogP contribution in [0.25, 0.3) is 0 Å². The number of likely N-dealkylation sites (N-methyl/N-ethyl adjacent to an activating group) is 1. The zero-order valence-corrected chi connectivity index (χ0v) is 14.0. The minimum atomic E-state index is -0.456. The van der Waals surface area contributed by atoms with Crippen LogP contribution in [-0.2, 0) is 9.53 Å². The van der Waals surface area contributed by atoms with E-state index in [0.29, 0.717) is 12.1 Å². The van der Waals surface area contributed by atoms with Crippen molar-refractivity contribution >= 4 is 5.97 Å². The second kappa shape index (κ2) is 7.59. The van der Waals surface area contributed by atoms with Crippen molar-refractivity contribution in [3.05, 3.63) is 0 Å². The molecule has 1 aliphatic heterocycles. The molecule has 0 bridgehead atoms. The van der Waals surface area contributed by atoms with E-state index >= 15 is 0 Å². The van der Waals surface area contributed by atoms with Crippen molar-refractivity contribution in [1.29, 1.82) is 0 Å². The third-order valence-corrected chi connectivity index (χ3v) is 5.43. The van der Waals surface area contributed by atoms with E-state index in [4.69, 9.17) is 4.74 Å². The van der Waals surface area contributed by atoms with Crippen molar-refractivity contribution in [3.8, 4) is 0 Å². The molecule has 122 valence electrons. The van der Waals surface area contributed by atoms with Crippen molar-refractivity contribution < 1.29 is 9.53 Å². The van der Waals surface area contributed by atoms with E-state index in [1.807, 2.05) is 0 Å². The maximum absolute atomic E-state index is 12.4. The Balaban J connectivity index is 2.12. The Morgan fingerprint density at radius 1 is 1.29 bits per heavy atom. The van der Waals surface area contributed by atoms with Crippen LogP contribution in [0.2, 0.25) is 0 Å². The molecule has 2 rings (SSSR count). The topological polar surface area (TPSA) is 41.6 Å². The fourth-order valence-corrected chi connectivity index (χ4v) is 4.42. The molecule has 2 aliphatic rings. The van der Waals surface area contributed by atoms with E-state index < -0.39 is 5.54 Å². The molecule has 1 heterocycles. The molecule has 3 atom stereocenters. The van der Waals surface area contributed by atoms with Crippen LogP contribution in [0.15, 0.2) is 0 Å². The third-order valence-electron chi connectivity index (χ3n) is 5.43. The van der Waals surface area contributed by atoms with Crippen LogP contribution in [0.5, 0.6) is 0 Å². The minimum Gasteiger partial charge on any atom is -0.468 e. The van der Waals surface area contributed by atoms with Crippen LogP contribution in [0.3, 0.4) is 0 Å². The number of methoxy groups -OCH3 is 1. The molecule has 4 nitrogen and oxygen atoms in total. The summed E-state index contributed by atoms with van der Waals surface area (Å²) in [6, 6.07) is 1.24. The molecular formula is C17H32N2O2. The first kappa shape index (κ1) is 16.8. The number of ether oxygens (including phenoxy) is 1. The largest absolute Gasteiger partial charge is 0.468 e. The highest BCUT2D eigenvalue weighted by Gasteiger charge is 2.45. The molecule has 0 amide bonds. The van der Waals surface area contributed by atoms with E-state index in [9.17, 15) is 4.79 Å². The van der Waals surface area contributed by atoms with Gasteiger partial charge in [-0.25, -0.2) is 0 Å². The SMILES string of the molecule is CCNC1(C(=O)OC)CCCC(N2CCCCC2CC)C1. The van der Waals surface area contributed by atoms with Gasteiger partial charge in [0.05, 0.1) is 7.11 Å². The summed E-state index contributed by atoms with van der Waals surface area (Å²) in [5.74, 6) is -0.0703. The predicted molar refractivity (Wildman–Crippen MR) is 85.3 cm³/mol. The lowest BCUT2D eigenvalue weighted by molar-refractivity contribution is -0.151. The van der Waals surface area contributed by atoms with Crippen LogP contribution in [-0.4, -0.2) is 48.7 Å².